The van der Waals surface area contributed by atoms with Crippen LogP contribution in [0, 0.1) is 0 Å². The van der Waals surface area contributed by atoms with Gasteiger partial charge in [0.25, 0.3) is 0 Å². The van der Waals surface area contributed by atoms with E-state index in [2.05, 4.69) is 15.5 Å². The second-order valence-corrected chi connectivity index (χ2v) is 4.48. The second-order valence-electron chi connectivity index (χ2n) is 4.48. The molecule has 0 bridgehead atoms. The van der Waals surface area contributed by atoms with Gasteiger partial charge in [0.05, 0.1) is 5.56 Å². The molecule has 1 heterocycles. The molecule has 4 nitrogen and oxygen atoms in total. The highest BCUT2D eigenvalue weighted by atomic mass is 19.4. The summed E-state index contributed by atoms with van der Waals surface area (Å²) in [7, 11) is 1.80. The van der Waals surface area contributed by atoms with Crippen LogP contribution in [0.5, 0.6) is 0 Å². The number of nitrogens with one attached hydrogen (secondary N) is 1. The van der Waals surface area contributed by atoms with Gasteiger partial charge in [-0.25, -0.2) is 0 Å². The third-order valence-electron chi connectivity index (χ3n) is 2.89. The Kier molecular flexibility index (Phi) is 4.08. The van der Waals surface area contributed by atoms with Gasteiger partial charge in [0.15, 0.2) is 0 Å². The molecule has 2 rings (SSSR count). The first-order valence-corrected chi connectivity index (χ1v) is 6.07. The van der Waals surface area contributed by atoms with Crippen LogP contribution in [-0.4, -0.2) is 23.2 Å². The Morgan fingerprint density at radius 3 is 2.75 bits per heavy atom. The largest absolute Gasteiger partial charge is 0.416 e. The summed E-state index contributed by atoms with van der Waals surface area (Å²) in [5.41, 5.74) is -0.447. The maximum atomic E-state index is 12.6. The number of likely N-dealkylation sites (N-methyl/N-ethyl adjacent to an activating group) is 1. The van der Waals surface area contributed by atoms with E-state index in [-0.39, 0.29) is 17.4 Å². The number of nitrogens with zero attached hydrogens (tertiary/aromatic N) is 2. The molecule has 2 aromatic rings. The number of hydrogen-bond acceptors (Lipinski definition) is 4. The van der Waals surface area contributed by atoms with E-state index < -0.39 is 11.7 Å². The molecule has 1 atom stereocenters. The molecule has 0 radical (unpaired) electrons. The minimum Gasteiger partial charge on any atom is -0.339 e. The normalized spacial score (nSPS) is 13.4. The highest BCUT2D eigenvalue weighted by molar-refractivity contribution is 5.55. The van der Waals surface area contributed by atoms with Crippen molar-refractivity contribution < 1.29 is 17.7 Å². The summed E-state index contributed by atoms with van der Waals surface area (Å²) in [6.07, 6.45) is -3.87. The fourth-order valence-electron chi connectivity index (χ4n) is 1.65. The lowest BCUT2D eigenvalue weighted by molar-refractivity contribution is -0.137. The first-order chi connectivity index (χ1) is 9.40. The molecule has 0 saturated carbocycles. The number of aromatic nitrogens is 2. The molecule has 20 heavy (non-hydrogen) atoms. The van der Waals surface area contributed by atoms with E-state index >= 15 is 0 Å². The molecular formula is C13H14F3N3O. The predicted octanol–water partition coefficient (Wildman–Crippen LogP) is 2.91. The van der Waals surface area contributed by atoms with Crippen LogP contribution in [0.15, 0.2) is 28.8 Å². The number of rotatable bonds is 4. The summed E-state index contributed by atoms with van der Waals surface area (Å²) in [6, 6.07) is 5.00. The van der Waals surface area contributed by atoms with E-state index in [1.807, 2.05) is 6.92 Å². The van der Waals surface area contributed by atoms with Gasteiger partial charge >= 0.3 is 6.18 Å². The number of halogens is 3. The van der Waals surface area contributed by atoms with Crippen molar-refractivity contribution >= 4 is 0 Å². The lowest BCUT2D eigenvalue weighted by atomic mass is 10.1. The molecule has 7 heteroatoms. The number of alkyl halides is 3. The minimum absolute atomic E-state index is 0.143. The number of hydrogen-bond donors (Lipinski definition) is 1. The summed E-state index contributed by atoms with van der Waals surface area (Å²) in [6.45, 7) is 1.94. The maximum Gasteiger partial charge on any atom is 0.416 e. The molecular weight excluding hydrogens is 271 g/mol. The summed E-state index contributed by atoms with van der Waals surface area (Å²) in [4.78, 5) is 4.11. The van der Waals surface area contributed by atoms with Crippen LogP contribution in [-0.2, 0) is 12.6 Å². The Labute approximate surface area is 114 Å². The minimum atomic E-state index is -4.39. The fourth-order valence-corrected chi connectivity index (χ4v) is 1.65. The smallest absolute Gasteiger partial charge is 0.339 e. The van der Waals surface area contributed by atoms with Gasteiger partial charge in [0.1, 0.15) is 0 Å². The average molecular weight is 285 g/mol. The zero-order chi connectivity index (χ0) is 14.8. The first kappa shape index (κ1) is 14.5. The van der Waals surface area contributed by atoms with Crippen LogP contribution in [0.4, 0.5) is 13.2 Å². The summed E-state index contributed by atoms with van der Waals surface area (Å²) in [5.74, 6) is 0.550. The Balaban J connectivity index is 2.24. The van der Waals surface area contributed by atoms with Gasteiger partial charge in [-0.3, -0.25) is 0 Å². The lowest BCUT2D eigenvalue weighted by Gasteiger charge is -2.06. The van der Waals surface area contributed by atoms with Crippen molar-refractivity contribution in [3.05, 3.63) is 35.7 Å². The average Bonchev–Trinajstić information content (AvgIpc) is 2.86. The van der Waals surface area contributed by atoms with Gasteiger partial charge in [-0.05, 0) is 26.1 Å². The van der Waals surface area contributed by atoms with Gasteiger partial charge in [-0.1, -0.05) is 17.3 Å². The zero-order valence-electron chi connectivity index (χ0n) is 11.0. The van der Waals surface area contributed by atoms with Crippen molar-refractivity contribution in [1.29, 1.82) is 0 Å². The van der Waals surface area contributed by atoms with Gasteiger partial charge in [0.2, 0.25) is 11.7 Å². The highest BCUT2D eigenvalue weighted by Crippen LogP contribution is 2.31. The molecule has 1 N–H and O–H groups in total. The van der Waals surface area contributed by atoms with Crippen LogP contribution in [0.3, 0.4) is 0 Å². The van der Waals surface area contributed by atoms with Gasteiger partial charge in [-0.2, -0.15) is 18.2 Å². The van der Waals surface area contributed by atoms with Crippen LogP contribution >= 0.6 is 0 Å². The quantitative estimate of drug-likeness (QED) is 0.938. The number of benzene rings is 1. The van der Waals surface area contributed by atoms with E-state index in [0.717, 1.165) is 12.1 Å². The first-order valence-electron chi connectivity index (χ1n) is 6.07. The molecule has 1 unspecified atom stereocenters. The SMILES string of the molecule is CNC(C)Cc1nc(-c2cccc(C(F)(F)F)c2)no1. The molecule has 0 amide bonds. The van der Waals surface area contributed by atoms with Gasteiger partial charge < -0.3 is 9.84 Å². The van der Waals surface area contributed by atoms with Crippen molar-refractivity contribution in [2.45, 2.75) is 25.6 Å². The lowest BCUT2D eigenvalue weighted by Crippen LogP contribution is -2.23. The molecule has 0 aliphatic heterocycles. The van der Waals surface area contributed by atoms with Crippen molar-refractivity contribution in [2.75, 3.05) is 7.05 Å². The molecule has 0 fully saturated rings. The Hall–Kier alpha value is -1.89. The molecule has 0 aliphatic carbocycles. The van der Waals surface area contributed by atoms with Crippen molar-refractivity contribution in [3.63, 3.8) is 0 Å². The Bertz CT molecular complexity index is 580. The fraction of sp³-hybridized carbons (Fsp3) is 0.385. The Morgan fingerprint density at radius 1 is 1.35 bits per heavy atom. The molecule has 1 aromatic carbocycles. The van der Waals surface area contributed by atoms with Crippen LogP contribution in [0.1, 0.15) is 18.4 Å². The van der Waals surface area contributed by atoms with E-state index in [1.54, 1.807) is 7.05 Å². The Morgan fingerprint density at radius 2 is 2.10 bits per heavy atom. The highest BCUT2D eigenvalue weighted by Gasteiger charge is 2.30. The van der Waals surface area contributed by atoms with Crippen LogP contribution < -0.4 is 5.32 Å². The monoisotopic (exact) mass is 285 g/mol. The molecule has 1 aromatic heterocycles. The third kappa shape index (κ3) is 3.36. The van der Waals surface area contributed by atoms with E-state index in [4.69, 9.17) is 4.52 Å². The molecule has 0 saturated heterocycles. The second kappa shape index (κ2) is 5.62. The van der Waals surface area contributed by atoms with Crippen molar-refractivity contribution in [1.82, 2.24) is 15.5 Å². The predicted molar refractivity (Wildman–Crippen MR) is 67.0 cm³/mol. The molecule has 0 spiro atoms. The van der Waals surface area contributed by atoms with Crippen molar-refractivity contribution in [2.24, 2.45) is 0 Å². The molecule has 0 aliphatic rings. The standard InChI is InChI=1S/C13H14F3N3O/c1-8(17-2)6-11-18-12(19-20-11)9-4-3-5-10(7-9)13(14,15)16/h3-5,7-8,17H,6H2,1-2H3. The topological polar surface area (TPSA) is 51.0 Å². The molecule has 108 valence electrons. The summed E-state index contributed by atoms with van der Waals surface area (Å²) >= 11 is 0. The van der Waals surface area contributed by atoms with E-state index in [1.165, 1.54) is 12.1 Å². The van der Waals surface area contributed by atoms with Crippen LogP contribution in [0.25, 0.3) is 11.4 Å². The summed E-state index contributed by atoms with van der Waals surface area (Å²) < 4.78 is 42.9. The van der Waals surface area contributed by atoms with Gasteiger partial charge in [0, 0.05) is 18.0 Å². The van der Waals surface area contributed by atoms with Crippen molar-refractivity contribution in [3.8, 4) is 11.4 Å². The maximum absolute atomic E-state index is 12.6. The summed E-state index contributed by atoms with van der Waals surface area (Å²) in [5, 5.41) is 6.73. The van der Waals surface area contributed by atoms with Crippen LogP contribution in [0.2, 0.25) is 0 Å². The van der Waals surface area contributed by atoms with Gasteiger partial charge in [-0.15, -0.1) is 0 Å². The zero-order valence-corrected chi connectivity index (χ0v) is 11.0. The van der Waals surface area contributed by atoms with E-state index in [9.17, 15) is 13.2 Å². The van der Waals surface area contributed by atoms with E-state index in [0.29, 0.717) is 12.3 Å². The third-order valence-corrected chi connectivity index (χ3v) is 2.89.